The van der Waals surface area contributed by atoms with Crippen LogP contribution in [0.4, 0.5) is 0 Å². The van der Waals surface area contributed by atoms with E-state index in [9.17, 15) is 4.79 Å². The standard InChI is InChI=1S/C18H26O/c1-18-9-2-3-17(18)16-6-4-12-11-13(19)5-7-14(12)15(16)8-10-18/h11,14-17H,2-10H2,1H3/t14?,15?,16?,17?,18-/m0/s1. The SMILES string of the molecule is C[C@@]12CCCC1C1CCC3=CC(=O)CCC3C1CC2. The summed E-state index contributed by atoms with van der Waals surface area (Å²) in [5.74, 6) is 4.08. The van der Waals surface area contributed by atoms with Gasteiger partial charge in [-0.25, -0.2) is 0 Å². The summed E-state index contributed by atoms with van der Waals surface area (Å²) in [5.41, 5.74) is 2.20. The van der Waals surface area contributed by atoms with E-state index in [-0.39, 0.29) is 0 Å². The quantitative estimate of drug-likeness (QED) is 0.624. The molecule has 0 aromatic heterocycles. The molecule has 104 valence electrons. The molecular weight excluding hydrogens is 232 g/mol. The topological polar surface area (TPSA) is 17.1 Å². The highest BCUT2D eigenvalue weighted by Crippen LogP contribution is 2.61. The van der Waals surface area contributed by atoms with Gasteiger partial charge in [0.25, 0.3) is 0 Å². The van der Waals surface area contributed by atoms with Crippen molar-refractivity contribution in [3.05, 3.63) is 11.6 Å². The lowest BCUT2D eigenvalue weighted by Gasteiger charge is -2.52. The molecule has 4 aliphatic carbocycles. The highest BCUT2D eigenvalue weighted by molar-refractivity contribution is 5.91. The zero-order chi connectivity index (χ0) is 13.0. The zero-order valence-electron chi connectivity index (χ0n) is 12.2. The third-order valence-corrected chi connectivity index (χ3v) is 7.08. The molecule has 0 aliphatic heterocycles. The summed E-state index contributed by atoms with van der Waals surface area (Å²) in [4.78, 5) is 11.6. The molecule has 0 aromatic rings. The maximum Gasteiger partial charge on any atom is 0.155 e. The Balaban J connectivity index is 1.63. The van der Waals surface area contributed by atoms with E-state index >= 15 is 0 Å². The number of rotatable bonds is 0. The van der Waals surface area contributed by atoms with Gasteiger partial charge >= 0.3 is 0 Å². The van der Waals surface area contributed by atoms with Crippen LogP contribution in [0, 0.1) is 29.1 Å². The van der Waals surface area contributed by atoms with E-state index in [1.54, 1.807) is 0 Å². The summed E-state index contributed by atoms with van der Waals surface area (Å²) in [6.45, 7) is 2.57. The van der Waals surface area contributed by atoms with Crippen LogP contribution < -0.4 is 0 Å². The van der Waals surface area contributed by atoms with Crippen LogP contribution in [0.5, 0.6) is 0 Å². The van der Waals surface area contributed by atoms with Crippen LogP contribution in [0.3, 0.4) is 0 Å². The average molecular weight is 258 g/mol. The second-order valence-corrected chi connectivity index (χ2v) is 7.89. The molecule has 4 unspecified atom stereocenters. The second-order valence-electron chi connectivity index (χ2n) is 7.89. The molecule has 4 rings (SSSR count). The normalized spacial score (nSPS) is 49.1. The van der Waals surface area contributed by atoms with Gasteiger partial charge in [-0.1, -0.05) is 18.9 Å². The fourth-order valence-corrected chi connectivity index (χ4v) is 6.17. The van der Waals surface area contributed by atoms with E-state index in [1.807, 2.05) is 6.08 Å². The molecule has 19 heavy (non-hydrogen) atoms. The maximum atomic E-state index is 11.6. The van der Waals surface area contributed by atoms with Crippen LogP contribution in [0.25, 0.3) is 0 Å². The highest BCUT2D eigenvalue weighted by atomic mass is 16.1. The molecular formula is C18H26O. The van der Waals surface area contributed by atoms with Crippen molar-refractivity contribution < 1.29 is 4.79 Å². The molecule has 0 aromatic carbocycles. The average Bonchev–Trinajstić information content (AvgIpc) is 2.79. The fraction of sp³-hybridized carbons (Fsp3) is 0.833. The molecule has 0 amide bonds. The Hall–Kier alpha value is -0.590. The summed E-state index contributed by atoms with van der Waals surface area (Å²) >= 11 is 0. The van der Waals surface area contributed by atoms with Crippen LogP contribution in [-0.4, -0.2) is 5.78 Å². The third kappa shape index (κ3) is 1.76. The molecule has 0 spiro atoms. The van der Waals surface area contributed by atoms with E-state index in [1.165, 1.54) is 50.5 Å². The van der Waals surface area contributed by atoms with Crippen molar-refractivity contribution in [2.75, 3.05) is 0 Å². The van der Waals surface area contributed by atoms with Gasteiger partial charge in [0.15, 0.2) is 5.78 Å². The van der Waals surface area contributed by atoms with Gasteiger partial charge in [-0.15, -0.1) is 0 Å². The molecule has 0 radical (unpaired) electrons. The van der Waals surface area contributed by atoms with Crippen LogP contribution in [0.15, 0.2) is 11.6 Å². The van der Waals surface area contributed by atoms with Crippen LogP contribution in [-0.2, 0) is 4.79 Å². The summed E-state index contributed by atoms with van der Waals surface area (Å²) < 4.78 is 0. The fourth-order valence-electron chi connectivity index (χ4n) is 6.17. The first-order valence-electron chi connectivity index (χ1n) is 8.41. The number of ketones is 1. The number of carbonyl (C=O) groups excluding carboxylic acids is 1. The molecule has 1 heteroatoms. The monoisotopic (exact) mass is 258 g/mol. The molecule has 0 saturated heterocycles. The van der Waals surface area contributed by atoms with Gasteiger partial charge in [0.2, 0.25) is 0 Å². The number of hydrogen-bond acceptors (Lipinski definition) is 1. The van der Waals surface area contributed by atoms with E-state index < -0.39 is 0 Å². The van der Waals surface area contributed by atoms with Gasteiger partial charge in [0.05, 0.1) is 0 Å². The molecule has 3 saturated carbocycles. The molecule has 5 atom stereocenters. The van der Waals surface area contributed by atoms with Crippen LogP contribution in [0.2, 0.25) is 0 Å². The third-order valence-electron chi connectivity index (χ3n) is 7.08. The minimum absolute atomic E-state index is 0.395. The summed E-state index contributed by atoms with van der Waals surface area (Å²) in [7, 11) is 0. The minimum atomic E-state index is 0.395. The van der Waals surface area contributed by atoms with E-state index in [2.05, 4.69) is 6.92 Å². The summed E-state index contributed by atoms with van der Waals surface area (Å²) in [6.07, 6.45) is 13.9. The lowest BCUT2D eigenvalue weighted by Crippen LogP contribution is -2.44. The molecule has 0 heterocycles. The molecule has 1 nitrogen and oxygen atoms in total. The number of carbonyl (C=O) groups is 1. The van der Waals surface area contributed by atoms with Crippen LogP contribution >= 0.6 is 0 Å². The smallest absolute Gasteiger partial charge is 0.155 e. The summed E-state index contributed by atoms with van der Waals surface area (Å²) in [5, 5.41) is 0. The second kappa shape index (κ2) is 4.20. The minimum Gasteiger partial charge on any atom is -0.295 e. The Bertz CT molecular complexity index is 435. The Morgan fingerprint density at radius 3 is 2.84 bits per heavy atom. The first kappa shape index (κ1) is 12.2. The van der Waals surface area contributed by atoms with Gasteiger partial charge in [-0.3, -0.25) is 4.79 Å². The van der Waals surface area contributed by atoms with Crippen molar-refractivity contribution in [3.8, 4) is 0 Å². The Labute approximate surface area is 116 Å². The van der Waals surface area contributed by atoms with Gasteiger partial charge in [0.1, 0.15) is 0 Å². The highest BCUT2D eigenvalue weighted by Gasteiger charge is 2.52. The van der Waals surface area contributed by atoms with Gasteiger partial charge in [-0.2, -0.15) is 0 Å². The number of allylic oxidation sites excluding steroid dienone is 1. The van der Waals surface area contributed by atoms with Crippen molar-refractivity contribution in [3.63, 3.8) is 0 Å². The predicted octanol–water partition coefficient (Wildman–Crippen LogP) is 4.52. The zero-order valence-corrected chi connectivity index (χ0v) is 12.2. The van der Waals surface area contributed by atoms with Crippen molar-refractivity contribution in [1.29, 1.82) is 0 Å². The first-order chi connectivity index (χ1) is 9.17. The van der Waals surface area contributed by atoms with Gasteiger partial charge < -0.3 is 0 Å². The van der Waals surface area contributed by atoms with E-state index in [4.69, 9.17) is 0 Å². The van der Waals surface area contributed by atoms with E-state index in [0.717, 1.165) is 36.5 Å². The van der Waals surface area contributed by atoms with Gasteiger partial charge in [0, 0.05) is 6.42 Å². The summed E-state index contributed by atoms with van der Waals surface area (Å²) in [6, 6.07) is 0. The Morgan fingerprint density at radius 1 is 1.05 bits per heavy atom. The van der Waals surface area contributed by atoms with Crippen molar-refractivity contribution in [2.45, 2.75) is 64.7 Å². The molecule has 4 aliphatic rings. The molecule has 0 bridgehead atoms. The number of fused-ring (bicyclic) bond motifs is 5. The largest absolute Gasteiger partial charge is 0.295 e. The first-order valence-corrected chi connectivity index (χ1v) is 8.41. The van der Waals surface area contributed by atoms with Crippen molar-refractivity contribution in [1.82, 2.24) is 0 Å². The lowest BCUT2D eigenvalue weighted by molar-refractivity contribution is -0.116. The lowest BCUT2D eigenvalue weighted by atomic mass is 9.52. The Morgan fingerprint density at radius 2 is 1.95 bits per heavy atom. The van der Waals surface area contributed by atoms with Crippen molar-refractivity contribution >= 4 is 5.78 Å². The molecule has 3 fully saturated rings. The van der Waals surface area contributed by atoms with E-state index in [0.29, 0.717) is 11.2 Å². The molecule has 0 N–H and O–H groups in total. The number of hydrogen-bond donors (Lipinski definition) is 0. The van der Waals surface area contributed by atoms with Crippen molar-refractivity contribution in [2.24, 2.45) is 29.1 Å². The van der Waals surface area contributed by atoms with Gasteiger partial charge in [-0.05, 0) is 80.1 Å². The van der Waals surface area contributed by atoms with Crippen LogP contribution in [0.1, 0.15) is 64.7 Å². The predicted molar refractivity (Wildman–Crippen MR) is 76.7 cm³/mol. The Kier molecular flexibility index (Phi) is 2.69. The maximum absolute atomic E-state index is 11.6.